The Bertz CT molecular complexity index is 465. The van der Waals surface area contributed by atoms with Crippen LogP contribution in [0.4, 0.5) is 9.93 Å². The fraction of sp³-hybridized carbons (Fsp3) is 0.500. The Hall–Kier alpha value is -1.15. The molecule has 1 heterocycles. The van der Waals surface area contributed by atoms with Crippen LogP contribution >= 0.6 is 27.3 Å². The van der Waals surface area contributed by atoms with Gasteiger partial charge in [0, 0.05) is 6.04 Å². The molecule has 2 atom stereocenters. The number of amides is 2. The maximum absolute atomic E-state index is 11.6. The first kappa shape index (κ1) is 13.3. The van der Waals surface area contributed by atoms with Gasteiger partial charge in [0.1, 0.15) is 0 Å². The zero-order chi connectivity index (χ0) is 13.1. The van der Waals surface area contributed by atoms with Crippen molar-refractivity contribution in [2.24, 2.45) is 5.92 Å². The second-order valence-corrected chi connectivity index (χ2v) is 6.52. The quantitative estimate of drug-likeness (QED) is 0.791. The van der Waals surface area contributed by atoms with Crippen molar-refractivity contribution in [2.45, 2.75) is 25.3 Å². The number of aromatic nitrogens is 1. The largest absolute Gasteiger partial charge is 0.481 e. The summed E-state index contributed by atoms with van der Waals surface area (Å²) in [5.41, 5.74) is 0. The molecule has 1 fully saturated rings. The number of thiazole rings is 1. The molecule has 0 aromatic carbocycles. The van der Waals surface area contributed by atoms with E-state index < -0.39 is 5.97 Å². The van der Waals surface area contributed by atoms with Crippen molar-refractivity contribution in [3.05, 3.63) is 9.98 Å². The summed E-state index contributed by atoms with van der Waals surface area (Å²) in [6, 6.07) is -0.414. The van der Waals surface area contributed by atoms with Gasteiger partial charge in [-0.25, -0.2) is 9.78 Å². The first-order valence-electron chi connectivity index (χ1n) is 5.46. The van der Waals surface area contributed by atoms with Crippen molar-refractivity contribution < 1.29 is 14.7 Å². The van der Waals surface area contributed by atoms with Crippen LogP contribution in [-0.2, 0) is 4.79 Å². The summed E-state index contributed by atoms with van der Waals surface area (Å²) in [7, 11) is 0. The SMILES string of the molecule is O=C(Nc1ncc(Br)s1)NC1CCC(C(=O)O)C1. The number of carboxylic acids is 1. The van der Waals surface area contributed by atoms with Crippen molar-refractivity contribution in [3.8, 4) is 0 Å². The number of carboxylic acid groups (broad SMARTS) is 1. The second kappa shape index (κ2) is 5.66. The topological polar surface area (TPSA) is 91.3 Å². The third-order valence-electron chi connectivity index (χ3n) is 2.82. The number of anilines is 1. The van der Waals surface area contributed by atoms with Gasteiger partial charge in [-0.3, -0.25) is 10.1 Å². The Balaban J connectivity index is 1.80. The third kappa shape index (κ3) is 3.42. The molecule has 3 N–H and O–H groups in total. The number of hydrogen-bond acceptors (Lipinski definition) is 4. The lowest BCUT2D eigenvalue weighted by Crippen LogP contribution is -2.36. The lowest BCUT2D eigenvalue weighted by atomic mass is 10.1. The van der Waals surface area contributed by atoms with E-state index in [1.54, 1.807) is 6.20 Å². The first-order chi connectivity index (χ1) is 8.54. The summed E-state index contributed by atoms with van der Waals surface area (Å²) in [6.45, 7) is 0. The van der Waals surface area contributed by atoms with E-state index >= 15 is 0 Å². The number of nitrogens with one attached hydrogen (secondary N) is 2. The Morgan fingerprint density at radius 3 is 2.83 bits per heavy atom. The van der Waals surface area contributed by atoms with E-state index in [9.17, 15) is 9.59 Å². The van der Waals surface area contributed by atoms with Crippen LogP contribution in [0.3, 0.4) is 0 Å². The molecule has 98 valence electrons. The van der Waals surface area contributed by atoms with Gasteiger partial charge in [0.05, 0.1) is 15.9 Å². The van der Waals surface area contributed by atoms with Crippen LogP contribution in [-0.4, -0.2) is 28.1 Å². The van der Waals surface area contributed by atoms with Crippen molar-refractivity contribution in [1.82, 2.24) is 10.3 Å². The van der Waals surface area contributed by atoms with Crippen LogP contribution in [0.25, 0.3) is 0 Å². The van der Waals surface area contributed by atoms with Crippen LogP contribution in [0.2, 0.25) is 0 Å². The van der Waals surface area contributed by atoms with E-state index in [4.69, 9.17) is 5.11 Å². The monoisotopic (exact) mass is 333 g/mol. The molecule has 1 saturated carbocycles. The Kier molecular flexibility index (Phi) is 4.18. The minimum absolute atomic E-state index is 0.0745. The standard InChI is InChI=1S/C10H12BrN3O3S/c11-7-4-12-10(18-7)14-9(17)13-6-2-1-5(3-6)8(15)16/h4-6H,1-3H2,(H,15,16)(H2,12,13,14,17). The molecule has 6 nitrogen and oxygen atoms in total. The summed E-state index contributed by atoms with van der Waals surface area (Å²) in [6.07, 6.45) is 3.41. The summed E-state index contributed by atoms with van der Waals surface area (Å²) in [4.78, 5) is 26.4. The Morgan fingerprint density at radius 2 is 2.28 bits per heavy atom. The van der Waals surface area contributed by atoms with Crippen LogP contribution in [0.1, 0.15) is 19.3 Å². The number of nitrogens with zero attached hydrogens (tertiary/aromatic N) is 1. The van der Waals surface area contributed by atoms with Gasteiger partial charge in [0.15, 0.2) is 5.13 Å². The third-order valence-corrected chi connectivity index (χ3v) is 4.21. The molecule has 0 bridgehead atoms. The molecule has 0 radical (unpaired) electrons. The molecule has 2 unspecified atom stereocenters. The fourth-order valence-corrected chi connectivity index (χ4v) is 3.07. The van der Waals surface area contributed by atoms with E-state index in [1.165, 1.54) is 11.3 Å². The maximum Gasteiger partial charge on any atom is 0.321 e. The maximum atomic E-state index is 11.6. The predicted octanol–water partition coefficient (Wildman–Crippen LogP) is 2.28. The smallest absolute Gasteiger partial charge is 0.321 e. The van der Waals surface area contributed by atoms with E-state index in [-0.39, 0.29) is 18.0 Å². The van der Waals surface area contributed by atoms with Crippen molar-refractivity contribution >= 4 is 44.4 Å². The van der Waals surface area contributed by atoms with Crippen LogP contribution in [0, 0.1) is 5.92 Å². The highest BCUT2D eigenvalue weighted by molar-refractivity contribution is 9.11. The Morgan fingerprint density at radius 1 is 1.50 bits per heavy atom. The van der Waals surface area contributed by atoms with E-state index in [0.717, 1.165) is 3.79 Å². The highest BCUT2D eigenvalue weighted by Gasteiger charge is 2.30. The van der Waals surface area contributed by atoms with Gasteiger partial charge in [0.2, 0.25) is 0 Å². The van der Waals surface area contributed by atoms with Crippen LogP contribution in [0.15, 0.2) is 9.98 Å². The molecule has 0 spiro atoms. The molecular weight excluding hydrogens is 322 g/mol. The van der Waals surface area contributed by atoms with Crippen molar-refractivity contribution in [2.75, 3.05) is 5.32 Å². The molecule has 0 saturated heterocycles. The molecule has 1 aliphatic carbocycles. The average molecular weight is 334 g/mol. The summed E-state index contributed by atoms with van der Waals surface area (Å²) in [5, 5.41) is 14.7. The zero-order valence-electron chi connectivity index (χ0n) is 9.35. The molecular formula is C10H12BrN3O3S. The lowest BCUT2D eigenvalue weighted by molar-refractivity contribution is -0.141. The molecule has 1 aromatic heterocycles. The van der Waals surface area contributed by atoms with Gasteiger partial charge in [-0.2, -0.15) is 0 Å². The number of carbonyl (C=O) groups excluding carboxylic acids is 1. The van der Waals surface area contributed by atoms with E-state index in [2.05, 4.69) is 31.5 Å². The summed E-state index contributed by atoms with van der Waals surface area (Å²) >= 11 is 4.57. The second-order valence-electron chi connectivity index (χ2n) is 4.11. The van der Waals surface area contributed by atoms with E-state index in [1.807, 2.05) is 0 Å². The minimum Gasteiger partial charge on any atom is -0.481 e. The number of rotatable bonds is 3. The molecule has 0 aliphatic heterocycles. The van der Waals surface area contributed by atoms with Gasteiger partial charge >= 0.3 is 12.0 Å². The van der Waals surface area contributed by atoms with Crippen molar-refractivity contribution in [1.29, 1.82) is 0 Å². The predicted molar refractivity (Wildman–Crippen MR) is 70.7 cm³/mol. The Labute approximate surface area is 116 Å². The highest BCUT2D eigenvalue weighted by atomic mass is 79.9. The summed E-state index contributed by atoms with van der Waals surface area (Å²) in [5.74, 6) is -1.13. The zero-order valence-corrected chi connectivity index (χ0v) is 11.8. The molecule has 2 rings (SSSR count). The first-order valence-corrected chi connectivity index (χ1v) is 7.07. The van der Waals surface area contributed by atoms with Gasteiger partial charge in [-0.1, -0.05) is 11.3 Å². The van der Waals surface area contributed by atoms with Gasteiger partial charge in [0.25, 0.3) is 0 Å². The average Bonchev–Trinajstić information content (AvgIpc) is 2.88. The number of carbonyl (C=O) groups is 2. The van der Waals surface area contributed by atoms with Gasteiger partial charge in [-0.15, -0.1) is 0 Å². The fourth-order valence-electron chi connectivity index (χ4n) is 1.97. The molecule has 8 heteroatoms. The molecule has 2 amide bonds. The van der Waals surface area contributed by atoms with Crippen molar-refractivity contribution in [3.63, 3.8) is 0 Å². The minimum atomic E-state index is -0.788. The number of urea groups is 1. The van der Waals surface area contributed by atoms with Crippen LogP contribution in [0.5, 0.6) is 0 Å². The van der Waals surface area contributed by atoms with Crippen LogP contribution < -0.4 is 10.6 Å². The number of halogens is 1. The number of hydrogen-bond donors (Lipinski definition) is 3. The van der Waals surface area contributed by atoms with E-state index in [0.29, 0.717) is 24.4 Å². The molecule has 1 aromatic rings. The van der Waals surface area contributed by atoms with Gasteiger partial charge < -0.3 is 10.4 Å². The molecule has 1 aliphatic rings. The lowest BCUT2D eigenvalue weighted by Gasteiger charge is -2.12. The normalized spacial score (nSPS) is 22.7. The molecule has 18 heavy (non-hydrogen) atoms. The summed E-state index contributed by atoms with van der Waals surface area (Å²) < 4.78 is 0.838. The van der Waals surface area contributed by atoms with Gasteiger partial charge in [-0.05, 0) is 35.2 Å². The highest BCUT2D eigenvalue weighted by Crippen LogP contribution is 2.26. The number of aliphatic carboxylic acids is 1.